The molecule has 1 heterocycles. The number of rotatable bonds is 9. The zero-order valence-corrected chi connectivity index (χ0v) is 25.9. The highest BCUT2D eigenvalue weighted by molar-refractivity contribution is 5.79. The predicted molar refractivity (Wildman–Crippen MR) is 178 cm³/mol. The number of aromatic nitrogens is 2. The molecule has 0 bridgehead atoms. The van der Waals surface area contributed by atoms with Gasteiger partial charge < -0.3 is 16.4 Å². The summed E-state index contributed by atoms with van der Waals surface area (Å²) in [4.78, 5) is 0. The molecular weight excluding hydrogens is 502 g/mol. The molecule has 41 heavy (non-hydrogen) atoms. The number of nitrogens with two attached hydrogens (primary N) is 1. The smallest absolute Gasteiger partial charge is 0.128 e. The van der Waals surface area contributed by atoms with Crippen LogP contribution in [-0.4, -0.2) is 9.78 Å². The first-order chi connectivity index (χ1) is 19.7. The molecule has 0 aliphatic carbocycles. The van der Waals surface area contributed by atoms with E-state index in [0.717, 1.165) is 40.4 Å². The van der Waals surface area contributed by atoms with E-state index < -0.39 is 0 Å². The molecule has 5 nitrogen and oxygen atoms in total. The monoisotopic (exact) mass is 549 g/mol. The Morgan fingerprint density at radius 3 is 2.22 bits per heavy atom. The van der Waals surface area contributed by atoms with Crippen molar-refractivity contribution in [2.24, 2.45) is 5.73 Å². The fourth-order valence-electron chi connectivity index (χ4n) is 4.32. The number of benzene rings is 3. The van der Waals surface area contributed by atoms with Crippen molar-refractivity contribution in [2.75, 3.05) is 5.32 Å². The summed E-state index contributed by atoms with van der Waals surface area (Å²) in [5.41, 5.74) is 16.4. The number of anilines is 1. The summed E-state index contributed by atoms with van der Waals surface area (Å²) in [7, 11) is 0. The van der Waals surface area contributed by atoms with Crippen LogP contribution in [0, 0.1) is 34.6 Å². The van der Waals surface area contributed by atoms with E-state index in [-0.39, 0.29) is 0 Å². The van der Waals surface area contributed by atoms with Crippen molar-refractivity contribution < 1.29 is 0 Å². The Hall–Kier alpha value is -4.51. The minimum atomic E-state index is 0.671. The van der Waals surface area contributed by atoms with Crippen molar-refractivity contribution in [3.63, 3.8) is 0 Å². The summed E-state index contributed by atoms with van der Waals surface area (Å²) in [5.74, 6) is 0.905. The molecule has 4 rings (SSSR count). The van der Waals surface area contributed by atoms with Gasteiger partial charge in [0.2, 0.25) is 0 Å². The van der Waals surface area contributed by atoms with Gasteiger partial charge in [-0.1, -0.05) is 87.2 Å². The van der Waals surface area contributed by atoms with Gasteiger partial charge in [-0.15, -0.1) is 0 Å². The molecule has 0 saturated carbocycles. The maximum absolute atomic E-state index is 4.62. The number of aryl methyl sites for hydroxylation is 4. The lowest BCUT2D eigenvalue weighted by Crippen LogP contribution is -2.19. The molecule has 0 unspecified atom stereocenters. The van der Waals surface area contributed by atoms with Crippen molar-refractivity contribution in [2.45, 2.75) is 61.6 Å². The number of hydrogen-bond donors (Lipinski definition) is 3. The molecule has 4 aromatic rings. The molecule has 4 N–H and O–H groups in total. The van der Waals surface area contributed by atoms with E-state index in [1.807, 2.05) is 30.8 Å². The zero-order valence-electron chi connectivity index (χ0n) is 25.9. The van der Waals surface area contributed by atoms with Gasteiger partial charge in [0.15, 0.2) is 0 Å². The third-order valence-electron chi connectivity index (χ3n) is 6.67. The topological polar surface area (TPSA) is 67.9 Å². The molecule has 0 amide bonds. The highest BCUT2D eigenvalue weighted by Gasteiger charge is 2.10. The molecule has 5 heteroatoms. The summed E-state index contributed by atoms with van der Waals surface area (Å²) in [6.07, 6.45) is 5.24. The molecule has 3 aromatic carbocycles. The van der Waals surface area contributed by atoms with Gasteiger partial charge in [0, 0.05) is 24.5 Å². The van der Waals surface area contributed by atoms with Gasteiger partial charge in [-0.3, -0.25) is 0 Å². The average Bonchev–Trinajstić information content (AvgIpc) is 3.30. The fourth-order valence-corrected chi connectivity index (χ4v) is 4.32. The lowest BCUT2D eigenvalue weighted by atomic mass is 10.0. The first-order valence-corrected chi connectivity index (χ1v) is 14.2. The maximum atomic E-state index is 4.62. The van der Waals surface area contributed by atoms with E-state index >= 15 is 0 Å². The van der Waals surface area contributed by atoms with Crippen LogP contribution in [0.2, 0.25) is 0 Å². The third-order valence-corrected chi connectivity index (χ3v) is 6.67. The van der Waals surface area contributed by atoms with E-state index in [9.17, 15) is 0 Å². The van der Waals surface area contributed by atoms with Crippen LogP contribution in [0.3, 0.4) is 0 Å². The molecule has 0 saturated heterocycles. The molecule has 0 aliphatic heterocycles. The van der Waals surface area contributed by atoms with Crippen LogP contribution in [-0.2, 0) is 13.1 Å². The largest absolute Gasteiger partial charge is 0.405 e. The second-order valence-corrected chi connectivity index (χ2v) is 9.77. The van der Waals surface area contributed by atoms with Gasteiger partial charge in [-0.05, 0) is 98.0 Å². The lowest BCUT2D eigenvalue weighted by molar-refractivity contribution is 0.756. The van der Waals surface area contributed by atoms with Gasteiger partial charge >= 0.3 is 0 Å². The molecule has 1 aromatic heterocycles. The molecule has 0 radical (unpaired) electrons. The molecule has 0 atom stereocenters. The summed E-state index contributed by atoms with van der Waals surface area (Å²) in [6.45, 7) is 23.5. The Bertz CT molecular complexity index is 1460. The zero-order chi connectivity index (χ0) is 30.4. The fraction of sp³-hybridized carbons (Fsp3) is 0.250. The predicted octanol–water partition coefficient (Wildman–Crippen LogP) is 8.45. The summed E-state index contributed by atoms with van der Waals surface area (Å²) in [6, 6.07) is 23.5. The Morgan fingerprint density at radius 1 is 0.878 bits per heavy atom. The summed E-state index contributed by atoms with van der Waals surface area (Å²) >= 11 is 0. The maximum Gasteiger partial charge on any atom is 0.128 e. The lowest BCUT2D eigenvalue weighted by Gasteiger charge is -2.16. The highest BCUT2D eigenvalue weighted by atomic mass is 15.3. The first kappa shape index (κ1) is 32.7. The third kappa shape index (κ3) is 9.57. The van der Waals surface area contributed by atoms with Gasteiger partial charge in [0.05, 0.1) is 6.20 Å². The van der Waals surface area contributed by atoms with E-state index in [0.29, 0.717) is 6.54 Å². The van der Waals surface area contributed by atoms with Gasteiger partial charge in [0.1, 0.15) is 5.82 Å². The van der Waals surface area contributed by atoms with Crippen LogP contribution in [0.5, 0.6) is 0 Å². The number of hydrogen-bond acceptors (Lipinski definition) is 4. The van der Waals surface area contributed by atoms with Gasteiger partial charge in [0.25, 0.3) is 0 Å². The number of nitrogens with one attached hydrogen (secondary N) is 2. The van der Waals surface area contributed by atoms with Crippen molar-refractivity contribution in [1.82, 2.24) is 15.1 Å². The second kappa shape index (κ2) is 16.6. The van der Waals surface area contributed by atoms with E-state index in [4.69, 9.17) is 0 Å². The van der Waals surface area contributed by atoms with Crippen LogP contribution in [0.4, 0.5) is 5.69 Å². The van der Waals surface area contributed by atoms with Crippen molar-refractivity contribution in [3.05, 3.63) is 143 Å². The summed E-state index contributed by atoms with van der Waals surface area (Å²) in [5, 5.41) is 11.8. The number of allylic oxidation sites excluding steroid dienone is 2. The van der Waals surface area contributed by atoms with Crippen LogP contribution < -0.4 is 16.4 Å². The average molecular weight is 550 g/mol. The minimum Gasteiger partial charge on any atom is -0.405 e. The van der Waals surface area contributed by atoms with Crippen molar-refractivity contribution in [3.8, 4) is 0 Å². The molecular formula is C36H47N5. The van der Waals surface area contributed by atoms with Gasteiger partial charge in [-0.25, -0.2) is 4.68 Å². The Labute approximate surface area is 247 Å². The number of nitrogens with zero attached hydrogens (tertiary/aromatic N) is 2. The SMILES string of the molecule is C=C(/C=C(/NCc1cccc(NCc2ccc(C)cc2C)c1)n1ncc(C)c1C)c1ccccc1C.C=CN.CC. The van der Waals surface area contributed by atoms with Crippen LogP contribution >= 0.6 is 0 Å². The van der Waals surface area contributed by atoms with Crippen molar-refractivity contribution >= 4 is 17.1 Å². The Morgan fingerprint density at radius 2 is 1.59 bits per heavy atom. The quantitative estimate of drug-likeness (QED) is 0.183. The Balaban J connectivity index is 0.00000110. The molecule has 0 fully saturated rings. The minimum absolute atomic E-state index is 0.671. The van der Waals surface area contributed by atoms with E-state index in [1.165, 1.54) is 34.0 Å². The van der Waals surface area contributed by atoms with E-state index in [1.54, 1.807) is 0 Å². The van der Waals surface area contributed by atoms with Gasteiger partial charge in [-0.2, -0.15) is 5.10 Å². The normalized spacial score (nSPS) is 10.5. The molecule has 0 spiro atoms. The van der Waals surface area contributed by atoms with Crippen molar-refractivity contribution in [1.29, 1.82) is 0 Å². The molecule has 0 aliphatic rings. The summed E-state index contributed by atoms with van der Waals surface area (Å²) < 4.78 is 1.96. The molecule has 216 valence electrons. The first-order valence-electron chi connectivity index (χ1n) is 14.2. The second-order valence-electron chi connectivity index (χ2n) is 9.77. The Kier molecular flexibility index (Phi) is 13.2. The van der Waals surface area contributed by atoms with Crippen LogP contribution in [0.25, 0.3) is 11.4 Å². The van der Waals surface area contributed by atoms with E-state index in [2.05, 4.69) is 136 Å². The van der Waals surface area contributed by atoms with Crippen LogP contribution in [0.15, 0.2) is 98.4 Å². The van der Waals surface area contributed by atoms with Crippen LogP contribution in [0.1, 0.15) is 58.5 Å². The highest BCUT2D eigenvalue weighted by Crippen LogP contribution is 2.22. The standard InChI is InChI=1S/C32H36N4.C2H5N.C2H6/c1-22-14-15-29(24(3)16-22)21-33-30-12-9-11-28(18-30)20-34-32(36-27(6)26(5)19-35-36)17-25(4)31-13-8-7-10-23(31)2;1-2-3;1-2/h7-19,33-34H,4,20-21H2,1-3,5-6H3;2H,1,3H2;1-2H3/b32-17-;;.